The molecule has 5 heteroatoms. The van der Waals surface area contributed by atoms with Gasteiger partial charge in [0.05, 0.1) is 11.3 Å². The highest BCUT2D eigenvalue weighted by Crippen LogP contribution is 2.25. The Hall–Kier alpha value is -3.34. The normalized spacial score (nSPS) is 11.5. The zero-order valence-electron chi connectivity index (χ0n) is 13.7. The Bertz CT molecular complexity index is 964. The molecule has 3 rings (SSSR count). The van der Waals surface area contributed by atoms with E-state index in [4.69, 9.17) is 0 Å². The van der Waals surface area contributed by atoms with Gasteiger partial charge in [-0.25, -0.2) is 5.43 Å². The maximum atomic E-state index is 12.4. The maximum absolute atomic E-state index is 12.4. The van der Waals surface area contributed by atoms with Gasteiger partial charge in [-0.2, -0.15) is 5.10 Å². The van der Waals surface area contributed by atoms with Gasteiger partial charge in [-0.15, -0.1) is 0 Å². The largest absolute Gasteiger partial charge is 0.507 e. The third-order valence-electron chi connectivity index (χ3n) is 3.95. The number of phenolic OH excluding ortho intramolecular Hbond substituents is 2. The minimum absolute atomic E-state index is 0.103. The van der Waals surface area contributed by atoms with Crippen molar-refractivity contribution in [3.8, 4) is 11.5 Å². The summed E-state index contributed by atoms with van der Waals surface area (Å²) >= 11 is 0. The summed E-state index contributed by atoms with van der Waals surface area (Å²) in [5, 5.41) is 25.9. The molecule has 5 nitrogen and oxygen atoms in total. The Morgan fingerprint density at radius 3 is 2.24 bits per heavy atom. The molecule has 0 heterocycles. The molecule has 0 aliphatic rings. The highest BCUT2D eigenvalue weighted by molar-refractivity contribution is 6.05. The number of carbonyl (C=O) groups excluding carboxylic acids is 1. The third-order valence-corrected chi connectivity index (χ3v) is 3.95. The van der Waals surface area contributed by atoms with Crippen LogP contribution in [0.3, 0.4) is 0 Å². The first-order valence-electron chi connectivity index (χ1n) is 7.97. The molecule has 3 aromatic rings. The minimum atomic E-state index is -0.510. The highest BCUT2D eigenvalue weighted by atomic mass is 16.3. The Balaban J connectivity index is 1.89. The van der Waals surface area contributed by atoms with Gasteiger partial charge in [0.25, 0.3) is 5.91 Å². The summed E-state index contributed by atoms with van der Waals surface area (Å²) < 4.78 is 0. The SMILES string of the molecule is CCC(=NNC(=O)c1cc2ccccc2cc1O)c1ccccc1O. The van der Waals surface area contributed by atoms with Crippen molar-refractivity contribution in [1.82, 2.24) is 5.43 Å². The number of para-hydroxylation sites is 1. The number of carbonyl (C=O) groups is 1. The minimum Gasteiger partial charge on any atom is -0.507 e. The lowest BCUT2D eigenvalue weighted by atomic mass is 10.1. The number of benzene rings is 3. The van der Waals surface area contributed by atoms with Crippen molar-refractivity contribution in [3.05, 3.63) is 71.8 Å². The summed E-state index contributed by atoms with van der Waals surface area (Å²) in [6.07, 6.45) is 0.529. The van der Waals surface area contributed by atoms with E-state index in [2.05, 4.69) is 10.5 Å². The topological polar surface area (TPSA) is 81.9 Å². The number of rotatable bonds is 4. The zero-order chi connectivity index (χ0) is 17.8. The summed E-state index contributed by atoms with van der Waals surface area (Å²) in [4.78, 5) is 12.4. The van der Waals surface area contributed by atoms with Crippen LogP contribution in [-0.2, 0) is 0 Å². The second kappa shape index (κ2) is 7.05. The van der Waals surface area contributed by atoms with Crippen LogP contribution in [0.5, 0.6) is 11.5 Å². The molecule has 0 saturated carbocycles. The molecule has 1 amide bonds. The first-order chi connectivity index (χ1) is 12.1. The van der Waals surface area contributed by atoms with Crippen molar-refractivity contribution in [2.45, 2.75) is 13.3 Å². The van der Waals surface area contributed by atoms with Crippen LogP contribution in [0.25, 0.3) is 10.8 Å². The maximum Gasteiger partial charge on any atom is 0.275 e. The average Bonchev–Trinajstić information content (AvgIpc) is 2.62. The van der Waals surface area contributed by atoms with Gasteiger partial charge in [0.2, 0.25) is 0 Å². The first kappa shape index (κ1) is 16.5. The van der Waals surface area contributed by atoms with E-state index >= 15 is 0 Å². The van der Waals surface area contributed by atoms with Gasteiger partial charge in [0, 0.05) is 5.56 Å². The lowest BCUT2D eigenvalue weighted by Crippen LogP contribution is -2.20. The van der Waals surface area contributed by atoms with Crippen LogP contribution < -0.4 is 5.43 Å². The van der Waals surface area contributed by atoms with Gasteiger partial charge in [-0.1, -0.05) is 43.3 Å². The number of phenols is 2. The van der Waals surface area contributed by atoms with E-state index in [9.17, 15) is 15.0 Å². The molecule has 25 heavy (non-hydrogen) atoms. The summed E-state index contributed by atoms with van der Waals surface area (Å²) in [6, 6.07) is 17.5. The van der Waals surface area contributed by atoms with E-state index in [1.807, 2.05) is 31.2 Å². The Labute approximate surface area is 145 Å². The third kappa shape index (κ3) is 3.45. The number of hydrazone groups is 1. The number of aromatic hydroxyl groups is 2. The molecule has 3 N–H and O–H groups in total. The van der Waals surface area contributed by atoms with Gasteiger partial charge in [-0.05, 0) is 41.5 Å². The number of nitrogens with one attached hydrogen (secondary N) is 1. The monoisotopic (exact) mass is 334 g/mol. The Morgan fingerprint density at radius 2 is 1.56 bits per heavy atom. The molecule has 0 aromatic heterocycles. The standard InChI is InChI=1S/C20H18N2O3/c1-2-17(15-9-5-6-10-18(15)23)21-22-20(25)16-11-13-7-3-4-8-14(13)12-19(16)24/h3-12,23-24H,2H2,1H3,(H,22,25). The number of nitrogens with zero attached hydrogens (tertiary/aromatic N) is 1. The molecular weight excluding hydrogens is 316 g/mol. The summed E-state index contributed by atoms with van der Waals surface area (Å²) in [5.74, 6) is -0.512. The van der Waals surface area contributed by atoms with Crippen molar-refractivity contribution >= 4 is 22.4 Å². The smallest absolute Gasteiger partial charge is 0.275 e. The molecule has 0 fully saturated rings. The van der Waals surface area contributed by atoms with E-state index < -0.39 is 5.91 Å². The van der Waals surface area contributed by atoms with Crippen LogP contribution in [0, 0.1) is 0 Å². The molecular formula is C20H18N2O3. The van der Waals surface area contributed by atoms with Crippen LogP contribution in [-0.4, -0.2) is 21.8 Å². The number of hydrogen-bond donors (Lipinski definition) is 3. The van der Waals surface area contributed by atoms with Crippen LogP contribution in [0.1, 0.15) is 29.3 Å². The summed E-state index contributed by atoms with van der Waals surface area (Å²) in [6.45, 7) is 1.88. The van der Waals surface area contributed by atoms with Crippen molar-refractivity contribution in [3.63, 3.8) is 0 Å². The van der Waals surface area contributed by atoms with Gasteiger partial charge in [0.1, 0.15) is 11.5 Å². The molecule has 0 bridgehead atoms. The molecule has 0 spiro atoms. The zero-order valence-corrected chi connectivity index (χ0v) is 13.7. The molecule has 126 valence electrons. The van der Waals surface area contributed by atoms with Crippen molar-refractivity contribution < 1.29 is 15.0 Å². The quantitative estimate of drug-likeness (QED) is 0.501. The fourth-order valence-electron chi connectivity index (χ4n) is 2.64. The van der Waals surface area contributed by atoms with Gasteiger partial charge in [-0.3, -0.25) is 4.79 Å². The Morgan fingerprint density at radius 1 is 0.920 bits per heavy atom. The number of hydrogen-bond acceptors (Lipinski definition) is 4. The van der Waals surface area contributed by atoms with Crippen molar-refractivity contribution in [2.75, 3.05) is 0 Å². The van der Waals surface area contributed by atoms with E-state index in [-0.39, 0.29) is 17.1 Å². The van der Waals surface area contributed by atoms with E-state index in [1.165, 1.54) is 0 Å². The van der Waals surface area contributed by atoms with E-state index in [0.717, 1.165) is 10.8 Å². The van der Waals surface area contributed by atoms with Gasteiger partial charge < -0.3 is 10.2 Å². The molecule has 3 aromatic carbocycles. The highest BCUT2D eigenvalue weighted by Gasteiger charge is 2.13. The predicted octanol–water partition coefficient (Wildman–Crippen LogP) is 3.80. The van der Waals surface area contributed by atoms with Crippen LogP contribution in [0.2, 0.25) is 0 Å². The summed E-state index contributed by atoms with van der Waals surface area (Å²) in [7, 11) is 0. The molecule has 0 radical (unpaired) electrons. The van der Waals surface area contributed by atoms with Crippen LogP contribution >= 0.6 is 0 Å². The molecule has 0 aliphatic carbocycles. The lowest BCUT2D eigenvalue weighted by molar-refractivity contribution is 0.0952. The molecule has 0 saturated heterocycles. The summed E-state index contributed by atoms with van der Waals surface area (Å²) in [5.41, 5.74) is 3.72. The fourth-order valence-corrected chi connectivity index (χ4v) is 2.64. The van der Waals surface area contributed by atoms with Crippen LogP contribution in [0.15, 0.2) is 65.8 Å². The van der Waals surface area contributed by atoms with E-state index in [0.29, 0.717) is 17.7 Å². The van der Waals surface area contributed by atoms with Crippen LogP contribution in [0.4, 0.5) is 0 Å². The lowest BCUT2D eigenvalue weighted by Gasteiger charge is -2.09. The number of fused-ring (bicyclic) bond motifs is 1. The second-order valence-electron chi connectivity index (χ2n) is 5.59. The van der Waals surface area contributed by atoms with Gasteiger partial charge >= 0.3 is 0 Å². The van der Waals surface area contributed by atoms with Crippen molar-refractivity contribution in [2.24, 2.45) is 5.10 Å². The first-order valence-corrected chi connectivity index (χ1v) is 7.97. The molecule has 0 atom stereocenters. The Kier molecular flexibility index (Phi) is 4.66. The van der Waals surface area contributed by atoms with E-state index in [1.54, 1.807) is 36.4 Å². The van der Waals surface area contributed by atoms with Gasteiger partial charge in [0.15, 0.2) is 0 Å². The fraction of sp³-hybridized carbons (Fsp3) is 0.100. The number of amides is 1. The van der Waals surface area contributed by atoms with Crippen molar-refractivity contribution in [1.29, 1.82) is 0 Å². The molecule has 0 unspecified atom stereocenters. The average molecular weight is 334 g/mol. The predicted molar refractivity (Wildman–Crippen MR) is 98.0 cm³/mol. The second-order valence-corrected chi connectivity index (χ2v) is 5.59. The molecule has 0 aliphatic heterocycles.